The molecule has 2 bridgehead atoms. The molecule has 5 rings (SSSR count). The Labute approximate surface area is 158 Å². The SMILES string of the molecule is O=C(c1cnc2c(c1)ncn2CCc1ccccc1)N1C[C@H]2CC[C@@H](C1)N2. The number of hydrogen-bond donors (Lipinski definition) is 1. The van der Waals surface area contributed by atoms with Gasteiger partial charge in [-0.3, -0.25) is 4.79 Å². The van der Waals surface area contributed by atoms with Crippen LogP contribution in [0.1, 0.15) is 28.8 Å². The second-order valence-corrected chi connectivity index (χ2v) is 7.59. The third kappa shape index (κ3) is 3.21. The van der Waals surface area contributed by atoms with Crippen LogP contribution in [0.2, 0.25) is 0 Å². The monoisotopic (exact) mass is 361 g/mol. The van der Waals surface area contributed by atoms with Crippen molar-refractivity contribution in [2.75, 3.05) is 13.1 Å². The lowest BCUT2D eigenvalue weighted by atomic mass is 10.1. The summed E-state index contributed by atoms with van der Waals surface area (Å²) in [4.78, 5) is 23.9. The number of fused-ring (bicyclic) bond motifs is 3. The van der Waals surface area contributed by atoms with Gasteiger partial charge in [-0.2, -0.15) is 0 Å². The third-order valence-electron chi connectivity index (χ3n) is 5.69. The highest BCUT2D eigenvalue weighted by molar-refractivity contribution is 5.96. The first-order valence-electron chi connectivity index (χ1n) is 9.66. The maximum atomic E-state index is 12.9. The molecule has 0 unspecified atom stereocenters. The Morgan fingerprint density at radius 1 is 1.11 bits per heavy atom. The van der Waals surface area contributed by atoms with Crippen LogP contribution in [0.25, 0.3) is 11.2 Å². The molecule has 0 aliphatic carbocycles. The number of carbonyl (C=O) groups is 1. The molecule has 3 aromatic rings. The lowest BCUT2D eigenvalue weighted by molar-refractivity contribution is 0.0697. The van der Waals surface area contributed by atoms with Gasteiger partial charge in [-0.1, -0.05) is 30.3 Å². The highest BCUT2D eigenvalue weighted by Crippen LogP contribution is 2.22. The molecule has 0 saturated carbocycles. The molecule has 2 aromatic heterocycles. The van der Waals surface area contributed by atoms with E-state index in [0.29, 0.717) is 17.6 Å². The van der Waals surface area contributed by atoms with E-state index >= 15 is 0 Å². The van der Waals surface area contributed by atoms with Crippen LogP contribution < -0.4 is 5.32 Å². The number of rotatable bonds is 4. The molecule has 6 nitrogen and oxygen atoms in total. The molecule has 1 aromatic carbocycles. The van der Waals surface area contributed by atoms with E-state index in [1.807, 2.05) is 23.4 Å². The summed E-state index contributed by atoms with van der Waals surface area (Å²) in [5.41, 5.74) is 3.55. The van der Waals surface area contributed by atoms with E-state index < -0.39 is 0 Å². The van der Waals surface area contributed by atoms with Gasteiger partial charge in [-0.15, -0.1) is 0 Å². The summed E-state index contributed by atoms with van der Waals surface area (Å²) < 4.78 is 2.06. The van der Waals surface area contributed by atoms with Crippen molar-refractivity contribution in [3.8, 4) is 0 Å². The van der Waals surface area contributed by atoms with Gasteiger partial charge in [0.15, 0.2) is 5.65 Å². The summed E-state index contributed by atoms with van der Waals surface area (Å²) in [5, 5.41) is 3.56. The van der Waals surface area contributed by atoms with E-state index in [0.717, 1.165) is 50.1 Å². The van der Waals surface area contributed by atoms with Crippen LogP contribution in [0, 0.1) is 0 Å². The molecule has 2 atom stereocenters. The highest BCUT2D eigenvalue weighted by atomic mass is 16.2. The van der Waals surface area contributed by atoms with Crippen LogP contribution in [-0.2, 0) is 13.0 Å². The fraction of sp³-hybridized carbons (Fsp3) is 0.381. The van der Waals surface area contributed by atoms with Gasteiger partial charge in [-0.25, -0.2) is 9.97 Å². The zero-order chi connectivity index (χ0) is 18.2. The Hall–Kier alpha value is -2.73. The average Bonchev–Trinajstić information content (AvgIpc) is 3.28. The van der Waals surface area contributed by atoms with Crippen molar-refractivity contribution in [3.05, 3.63) is 60.0 Å². The second-order valence-electron chi connectivity index (χ2n) is 7.59. The molecule has 1 amide bonds. The third-order valence-corrected chi connectivity index (χ3v) is 5.69. The van der Waals surface area contributed by atoms with Gasteiger partial charge in [0.25, 0.3) is 5.91 Å². The van der Waals surface area contributed by atoms with Crippen LogP contribution in [0.4, 0.5) is 0 Å². The number of hydrogen-bond acceptors (Lipinski definition) is 4. The van der Waals surface area contributed by atoms with Crippen LogP contribution >= 0.6 is 0 Å². The first kappa shape index (κ1) is 16.4. The molecule has 1 N–H and O–H groups in total. The Kier molecular flexibility index (Phi) is 4.13. The fourth-order valence-electron chi connectivity index (χ4n) is 4.27. The van der Waals surface area contributed by atoms with E-state index in [4.69, 9.17) is 0 Å². The number of amides is 1. The first-order valence-corrected chi connectivity index (χ1v) is 9.66. The number of benzene rings is 1. The molecular formula is C21H23N5O. The van der Waals surface area contributed by atoms with Crippen molar-refractivity contribution < 1.29 is 4.79 Å². The lowest BCUT2D eigenvalue weighted by Crippen LogP contribution is -2.53. The van der Waals surface area contributed by atoms with Gasteiger partial charge in [0.05, 0.1) is 11.9 Å². The van der Waals surface area contributed by atoms with Gasteiger partial charge in [0, 0.05) is 37.9 Å². The van der Waals surface area contributed by atoms with Gasteiger partial charge in [-0.05, 0) is 30.9 Å². The predicted molar refractivity (Wildman–Crippen MR) is 104 cm³/mol. The van der Waals surface area contributed by atoms with Crippen molar-refractivity contribution in [1.82, 2.24) is 24.8 Å². The van der Waals surface area contributed by atoms with Crippen molar-refractivity contribution in [1.29, 1.82) is 0 Å². The standard InChI is InChI=1S/C21H23N5O/c27-21(26-12-17-6-7-18(13-26)24-17)16-10-19-20(22-11-16)25(14-23-19)9-8-15-4-2-1-3-5-15/h1-5,10-11,14,17-18,24H,6-9,12-13H2/t17-,18+. The van der Waals surface area contributed by atoms with Crippen molar-refractivity contribution >= 4 is 17.1 Å². The molecule has 138 valence electrons. The number of imidazole rings is 1. The maximum Gasteiger partial charge on any atom is 0.255 e. The predicted octanol–water partition coefficient (Wildman–Crippen LogP) is 2.25. The summed E-state index contributed by atoms with van der Waals surface area (Å²) in [6, 6.07) is 13.2. The second kappa shape index (κ2) is 6.78. The van der Waals surface area contributed by atoms with Crippen molar-refractivity contribution in [2.24, 2.45) is 0 Å². The maximum absolute atomic E-state index is 12.9. The molecule has 2 saturated heterocycles. The smallest absolute Gasteiger partial charge is 0.255 e. The Balaban J connectivity index is 1.33. The van der Waals surface area contributed by atoms with Crippen molar-refractivity contribution in [3.63, 3.8) is 0 Å². The summed E-state index contributed by atoms with van der Waals surface area (Å²) in [6.07, 6.45) is 6.78. The number of aromatic nitrogens is 3. The van der Waals surface area contributed by atoms with Crippen molar-refractivity contribution in [2.45, 2.75) is 37.9 Å². The van der Waals surface area contributed by atoms with Crippen LogP contribution in [0.3, 0.4) is 0 Å². The van der Waals surface area contributed by atoms with Crippen LogP contribution in [0.5, 0.6) is 0 Å². The van der Waals surface area contributed by atoms with Gasteiger partial charge < -0.3 is 14.8 Å². The Morgan fingerprint density at radius 2 is 1.89 bits per heavy atom. The minimum absolute atomic E-state index is 0.0710. The fourth-order valence-corrected chi connectivity index (χ4v) is 4.27. The molecule has 6 heteroatoms. The molecule has 2 aliphatic heterocycles. The number of aryl methyl sites for hydroxylation is 2. The summed E-state index contributed by atoms with van der Waals surface area (Å²) in [5.74, 6) is 0.0710. The van der Waals surface area contributed by atoms with E-state index in [-0.39, 0.29) is 5.91 Å². The minimum Gasteiger partial charge on any atom is -0.335 e. The molecule has 0 spiro atoms. The molecule has 27 heavy (non-hydrogen) atoms. The first-order chi connectivity index (χ1) is 13.3. The number of pyridine rings is 1. The molecule has 2 aliphatic rings. The van der Waals surface area contributed by atoms with E-state index in [1.54, 1.807) is 6.20 Å². The minimum atomic E-state index is 0.0710. The zero-order valence-corrected chi connectivity index (χ0v) is 15.2. The molecule has 0 radical (unpaired) electrons. The van der Waals surface area contributed by atoms with E-state index in [9.17, 15) is 4.79 Å². The van der Waals surface area contributed by atoms with Gasteiger partial charge >= 0.3 is 0 Å². The number of nitrogens with one attached hydrogen (secondary N) is 1. The van der Waals surface area contributed by atoms with E-state index in [1.165, 1.54) is 5.56 Å². The topological polar surface area (TPSA) is 63.1 Å². The summed E-state index contributed by atoms with van der Waals surface area (Å²) in [7, 11) is 0. The normalized spacial score (nSPS) is 21.7. The Morgan fingerprint density at radius 3 is 2.67 bits per heavy atom. The Bertz CT molecular complexity index is 955. The van der Waals surface area contributed by atoms with Gasteiger partial charge in [0.2, 0.25) is 0 Å². The molecule has 2 fully saturated rings. The van der Waals surface area contributed by atoms with Gasteiger partial charge in [0.1, 0.15) is 5.52 Å². The molecule has 4 heterocycles. The largest absolute Gasteiger partial charge is 0.335 e. The van der Waals surface area contributed by atoms with Crippen LogP contribution in [-0.4, -0.2) is 50.5 Å². The summed E-state index contributed by atoms with van der Waals surface area (Å²) in [6.45, 7) is 2.40. The average molecular weight is 361 g/mol. The quantitative estimate of drug-likeness (QED) is 0.774. The number of piperazine rings is 1. The number of nitrogens with zero attached hydrogens (tertiary/aromatic N) is 4. The van der Waals surface area contributed by atoms with E-state index in [2.05, 4.69) is 44.1 Å². The molecular weight excluding hydrogens is 338 g/mol. The number of likely N-dealkylation sites (tertiary alicyclic amines) is 1. The lowest BCUT2D eigenvalue weighted by Gasteiger charge is -2.32. The number of carbonyl (C=O) groups excluding carboxylic acids is 1. The van der Waals surface area contributed by atoms with Crippen LogP contribution in [0.15, 0.2) is 48.9 Å². The highest BCUT2D eigenvalue weighted by Gasteiger charge is 2.34. The summed E-state index contributed by atoms with van der Waals surface area (Å²) >= 11 is 0. The zero-order valence-electron chi connectivity index (χ0n) is 15.2.